The number of carbonyl (C=O) groups is 2. The van der Waals surface area contributed by atoms with Crippen molar-refractivity contribution in [2.75, 3.05) is 32.8 Å². The van der Waals surface area contributed by atoms with E-state index in [1.54, 1.807) is 4.90 Å². The zero-order chi connectivity index (χ0) is 20.0. The lowest BCUT2D eigenvalue weighted by atomic mass is 9.81. The smallest absolute Gasteiger partial charge is 0.260 e. The number of para-hydroxylation sites is 1. The topological polar surface area (TPSA) is 49.9 Å². The molecule has 1 aliphatic heterocycles. The van der Waals surface area contributed by atoms with Crippen LogP contribution in [-0.4, -0.2) is 54.4 Å². The van der Waals surface area contributed by atoms with Gasteiger partial charge in [0, 0.05) is 32.6 Å². The second-order valence-electron chi connectivity index (χ2n) is 7.79. The van der Waals surface area contributed by atoms with Crippen LogP contribution in [0.4, 0.5) is 0 Å². The van der Waals surface area contributed by atoms with Crippen LogP contribution in [0.5, 0.6) is 5.75 Å². The van der Waals surface area contributed by atoms with Crippen molar-refractivity contribution < 1.29 is 14.3 Å². The molecular formula is C23H28N2O3. The second kappa shape index (κ2) is 8.91. The summed E-state index contributed by atoms with van der Waals surface area (Å²) in [5.41, 5.74) is 0.949. The molecule has 0 spiro atoms. The highest BCUT2D eigenvalue weighted by atomic mass is 16.5. The van der Waals surface area contributed by atoms with Gasteiger partial charge < -0.3 is 14.5 Å². The standard InChI is InChI=1S/C23H28N2O3/c1-23(2,19-9-5-3-6-10-19)17-21(26)24-13-15-25(16-14-24)22(27)18-28-20-11-7-4-8-12-20/h3-12H,13-18H2,1-2H3. The molecule has 1 saturated heterocycles. The fourth-order valence-electron chi connectivity index (χ4n) is 3.44. The van der Waals surface area contributed by atoms with E-state index in [0.29, 0.717) is 38.3 Å². The SMILES string of the molecule is CC(C)(CC(=O)N1CCN(C(=O)COc2ccccc2)CC1)c1ccccc1. The summed E-state index contributed by atoms with van der Waals surface area (Å²) in [5, 5.41) is 0. The van der Waals surface area contributed by atoms with Crippen LogP contribution in [0, 0.1) is 0 Å². The lowest BCUT2D eigenvalue weighted by Gasteiger charge is -2.36. The first-order valence-corrected chi connectivity index (χ1v) is 9.75. The van der Waals surface area contributed by atoms with Crippen molar-refractivity contribution in [3.8, 4) is 5.75 Å². The van der Waals surface area contributed by atoms with E-state index in [0.717, 1.165) is 5.56 Å². The van der Waals surface area contributed by atoms with Crippen molar-refractivity contribution >= 4 is 11.8 Å². The van der Waals surface area contributed by atoms with Crippen LogP contribution in [0.15, 0.2) is 60.7 Å². The van der Waals surface area contributed by atoms with E-state index >= 15 is 0 Å². The summed E-state index contributed by atoms with van der Waals surface area (Å²) in [6.45, 7) is 6.46. The summed E-state index contributed by atoms with van der Waals surface area (Å²) in [6.07, 6.45) is 0.460. The monoisotopic (exact) mass is 380 g/mol. The van der Waals surface area contributed by atoms with Gasteiger partial charge in [-0.15, -0.1) is 0 Å². The molecule has 1 aliphatic rings. The lowest BCUT2D eigenvalue weighted by Crippen LogP contribution is -2.52. The molecule has 0 N–H and O–H groups in total. The number of ether oxygens (including phenoxy) is 1. The van der Waals surface area contributed by atoms with E-state index < -0.39 is 0 Å². The van der Waals surface area contributed by atoms with Gasteiger partial charge in [0.25, 0.3) is 5.91 Å². The third kappa shape index (κ3) is 5.12. The van der Waals surface area contributed by atoms with Gasteiger partial charge in [-0.2, -0.15) is 0 Å². The maximum atomic E-state index is 12.8. The van der Waals surface area contributed by atoms with Crippen LogP contribution in [0.25, 0.3) is 0 Å². The maximum absolute atomic E-state index is 12.8. The number of nitrogens with zero attached hydrogens (tertiary/aromatic N) is 2. The van der Waals surface area contributed by atoms with Gasteiger partial charge in [-0.25, -0.2) is 0 Å². The van der Waals surface area contributed by atoms with Crippen LogP contribution in [0.3, 0.4) is 0 Å². The van der Waals surface area contributed by atoms with Gasteiger partial charge in [-0.05, 0) is 23.1 Å². The molecule has 1 heterocycles. The van der Waals surface area contributed by atoms with Gasteiger partial charge in [0.15, 0.2) is 6.61 Å². The molecule has 0 bridgehead atoms. The Hall–Kier alpha value is -2.82. The molecule has 5 heteroatoms. The summed E-state index contributed by atoms with van der Waals surface area (Å²) in [7, 11) is 0. The normalized spacial score (nSPS) is 14.6. The number of amides is 2. The molecule has 148 valence electrons. The predicted molar refractivity (Wildman–Crippen MR) is 109 cm³/mol. The van der Waals surface area contributed by atoms with Crippen molar-refractivity contribution in [2.45, 2.75) is 25.7 Å². The highest BCUT2D eigenvalue weighted by Crippen LogP contribution is 2.27. The van der Waals surface area contributed by atoms with Crippen LogP contribution in [0.1, 0.15) is 25.8 Å². The molecule has 0 aromatic heterocycles. The first kappa shape index (κ1) is 19.9. The lowest BCUT2D eigenvalue weighted by molar-refractivity contribution is -0.141. The summed E-state index contributed by atoms with van der Waals surface area (Å²) in [5.74, 6) is 0.787. The highest BCUT2D eigenvalue weighted by molar-refractivity contribution is 5.80. The number of benzene rings is 2. The molecule has 5 nitrogen and oxygen atoms in total. The number of hydrogen-bond acceptors (Lipinski definition) is 3. The molecule has 0 atom stereocenters. The van der Waals surface area contributed by atoms with Crippen LogP contribution in [0.2, 0.25) is 0 Å². The minimum atomic E-state index is -0.213. The van der Waals surface area contributed by atoms with Crippen molar-refractivity contribution in [2.24, 2.45) is 0 Å². The van der Waals surface area contributed by atoms with Gasteiger partial charge in [-0.3, -0.25) is 9.59 Å². The number of hydrogen-bond donors (Lipinski definition) is 0. The second-order valence-corrected chi connectivity index (χ2v) is 7.79. The fraction of sp³-hybridized carbons (Fsp3) is 0.391. The largest absolute Gasteiger partial charge is 0.484 e. The molecule has 1 fully saturated rings. The van der Waals surface area contributed by atoms with Crippen molar-refractivity contribution in [1.82, 2.24) is 9.80 Å². The third-order valence-electron chi connectivity index (χ3n) is 5.24. The molecule has 2 aromatic carbocycles. The summed E-state index contributed by atoms with van der Waals surface area (Å²) >= 11 is 0. The third-order valence-corrected chi connectivity index (χ3v) is 5.24. The average molecular weight is 380 g/mol. The van der Waals surface area contributed by atoms with Gasteiger partial charge in [0.2, 0.25) is 5.91 Å². The van der Waals surface area contributed by atoms with Crippen molar-refractivity contribution in [3.05, 3.63) is 66.2 Å². The van der Waals surface area contributed by atoms with E-state index in [1.165, 1.54) is 0 Å². The predicted octanol–water partition coefficient (Wildman–Crippen LogP) is 3.10. The Balaban J connectivity index is 1.46. The Bertz CT molecular complexity index is 782. The van der Waals surface area contributed by atoms with Gasteiger partial charge in [0.1, 0.15) is 5.75 Å². The quantitative estimate of drug-likeness (QED) is 0.774. The van der Waals surface area contributed by atoms with Crippen LogP contribution >= 0.6 is 0 Å². The summed E-state index contributed by atoms with van der Waals surface area (Å²) in [6, 6.07) is 19.4. The Kier molecular flexibility index (Phi) is 6.34. The number of rotatable bonds is 6. The molecular weight excluding hydrogens is 352 g/mol. The highest BCUT2D eigenvalue weighted by Gasteiger charge is 2.29. The van der Waals surface area contributed by atoms with E-state index in [-0.39, 0.29) is 23.8 Å². The van der Waals surface area contributed by atoms with E-state index in [9.17, 15) is 9.59 Å². The molecule has 0 radical (unpaired) electrons. The first-order chi connectivity index (χ1) is 13.5. The van der Waals surface area contributed by atoms with Crippen molar-refractivity contribution in [1.29, 1.82) is 0 Å². The number of piperazine rings is 1. The fourth-order valence-corrected chi connectivity index (χ4v) is 3.44. The summed E-state index contributed by atoms with van der Waals surface area (Å²) < 4.78 is 5.54. The molecule has 0 saturated carbocycles. The maximum Gasteiger partial charge on any atom is 0.260 e. The summed E-state index contributed by atoms with van der Waals surface area (Å²) in [4.78, 5) is 28.8. The van der Waals surface area contributed by atoms with E-state index in [1.807, 2.05) is 53.4 Å². The molecule has 0 aliphatic carbocycles. The molecule has 2 amide bonds. The van der Waals surface area contributed by atoms with Crippen molar-refractivity contribution in [3.63, 3.8) is 0 Å². The minimum Gasteiger partial charge on any atom is -0.484 e. The molecule has 28 heavy (non-hydrogen) atoms. The zero-order valence-corrected chi connectivity index (χ0v) is 16.6. The molecule has 0 unspecified atom stereocenters. The van der Waals surface area contributed by atoms with Gasteiger partial charge >= 0.3 is 0 Å². The average Bonchev–Trinajstić information content (AvgIpc) is 2.73. The number of carbonyl (C=O) groups excluding carboxylic acids is 2. The Morgan fingerprint density at radius 1 is 0.821 bits per heavy atom. The Morgan fingerprint density at radius 3 is 1.89 bits per heavy atom. The Morgan fingerprint density at radius 2 is 1.32 bits per heavy atom. The Labute approximate surface area is 166 Å². The van der Waals surface area contributed by atoms with Gasteiger partial charge in [-0.1, -0.05) is 62.4 Å². The molecule has 2 aromatic rings. The van der Waals surface area contributed by atoms with Crippen LogP contribution < -0.4 is 4.74 Å². The minimum absolute atomic E-state index is 0.0268. The van der Waals surface area contributed by atoms with Crippen LogP contribution in [-0.2, 0) is 15.0 Å². The first-order valence-electron chi connectivity index (χ1n) is 9.75. The zero-order valence-electron chi connectivity index (χ0n) is 16.6. The van der Waals surface area contributed by atoms with Gasteiger partial charge in [0.05, 0.1) is 0 Å². The van der Waals surface area contributed by atoms with E-state index in [4.69, 9.17) is 4.74 Å². The van der Waals surface area contributed by atoms with E-state index in [2.05, 4.69) is 26.0 Å². The molecule has 3 rings (SSSR count).